The van der Waals surface area contributed by atoms with Crippen LogP contribution in [0, 0.1) is 0 Å². The van der Waals surface area contributed by atoms with E-state index in [2.05, 4.69) is 21.3 Å². The Hall–Kier alpha value is -8.83. The highest BCUT2D eigenvalue weighted by atomic mass is 16.7. The molecule has 1 aromatic rings. The first-order valence-electron chi connectivity index (χ1n) is 36.4. The molecule has 3 aliphatic heterocycles. The summed E-state index contributed by atoms with van der Waals surface area (Å²) in [5.74, 6) is -8.93. The maximum absolute atomic E-state index is 13.8. The standard InChI is InChI=1S/C71H108N4O39/c1-40(77)73-58-65(109-49(10)86)62(106-46(7)83)55(37-103-43(4)80)112-69(58)100-32-26-94-20-17-91-23-29-97-53-35-52(68(89)72-13-15-90-16-14-76)36-54(98-30-24-92-18-21-95-27-33-101-70-59(74-41(2)78)66(110-50(11)87)63(107-47(8)84)56(113-70)38-104-44(5)81)61(53)99-31-25-93-19-22-96-28-34-102-71-60(75-42(3)79)67(111-51(12)88)64(108-48(9)85)57(114-71)39-105-45(6)82/h35-36,55-60,62-67,69-71,76H,13-34,37-39H2,1-12H3,(H,72,89)(H,73,77)(H,74,78)(H,75,79)/t55-,56-,57-,58-,59-,60-,62+,63+,64+,65-,66-,67-,69-,70-,71-/m1/s1. The van der Waals surface area contributed by atoms with Gasteiger partial charge in [0.1, 0.15) is 76.1 Å². The average Bonchev–Trinajstić information content (AvgIpc) is 0.803. The Balaban J connectivity index is 1.45. The Morgan fingerprint density at radius 1 is 0.325 bits per heavy atom. The molecule has 3 saturated heterocycles. The number of carbonyl (C=O) groups excluding carboxylic acids is 13. The van der Waals surface area contributed by atoms with Crippen molar-refractivity contribution in [3.8, 4) is 17.2 Å². The molecule has 0 saturated carbocycles. The van der Waals surface area contributed by atoms with Crippen molar-refractivity contribution in [1.82, 2.24) is 21.3 Å². The number of esters is 9. The van der Waals surface area contributed by atoms with Crippen LogP contribution in [0.4, 0.5) is 0 Å². The fraction of sp³-hybridized carbons (Fsp3) is 0.732. The number of aliphatic hydroxyl groups excluding tert-OH is 1. The number of aliphatic hydroxyl groups is 1. The van der Waals surface area contributed by atoms with Gasteiger partial charge in [0.25, 0.3) is 5.91 Å². The Bertz CT molecular complexity index is 3070. The van der Waals surface area contributed by atoms with E-state index in [1.54, 1.807) is 0 Å². The van der Waals surface area contributed by atoms with E-state index in [9.17, 15) is 67.4 Å². The Morgan fingerprint density at radius 2 is 0.588 bits per heavy atom. The van der Waals surface area contributed by atoms with E-state index < -0.39 is 189 Å². The van der Waals surface area contributed by atoms with Gasteiger partial charge in [0.05, 0.1) is 119 Å². The highest BCUT2D eigenvalue weighted by molar-refractivity contribution is 5.95. The zero-order chi connectivity index (χ0) is 84.1. The van der Waals surface area contributed by atoms with Crippen LogP contribution in [-0.4, -0.2) is 340 Å². The number of hydrogen-bond acceptors (Lipinski definition) is 39. The molecule has 0 unspecified atom stereocenters. The molecule has 3 heterocycles. The molecule has 5 N–H and O–H groups in total. The second kappa shape index (κ2) is 54.1. The molecule has 0 bridgehead atoms. The van der Waals surface area contributed by atoms with E-state index >= 15 is 0 Å². The molecular formula is C71H108N4O39. The molecule has 114 heavy (non-hydrogen) atoms. The summed E-state index contributed by atoms with van der Waals surface area (Å²) in [6.45, 7) is 11.3. The van der Waals surface area contributed by atoms with Gasteiger partial charge in [0, 0.05) is 95.2 Å². The lowest BCUT2D eigenvalue weighted by Crippen LogP contribution is -2.66. The Labute approximate surface area is 657 Å². The molecule has 3 aliphatic rings. The summed E-state index contributed by atoms with van der Waals surface area (Å²) < 4.78 is 143. The molecule has 0 aliphatic carbocycles. The maximum Gasteiger partial charge on any atom is 0.303 e. The second-order valence-corrected chi connectivity index (χ2v) is 24.9. The number of rotatable bonds is 54. The minimum Gasteiger partial charge on any atom is -0.487 e. The van der Waals surface area contributed by atoms with E-state index in [0.29, 0.717) is 0 Å². The van der Waals surface area contributed by atoms with Crippen molar-refractivity contribution in [1.29, 1.82) is 0 Å². The fourth-order valence-corrected chi connectivity index (χ4v) is 11.1. The molecule has 0 radical (unpaired) electrons. The molecular weight excluding hydrogens is 1530 g/mol. The molecule has 15 atom stereocenters. The van der Waals surface area contributed by atoms with Gasteiger partial charge >= 0.3 is 53.7 Å². The van der Waals surface area contributed by atoms with Gasteiger partial charge in [-0.2, -0.15) is 0 Å². The Morgan fingerprint density at radius 3 is 0.860 bits per heavy atom. The van der Waals surface area contributed by atoms with Crippen molar-refractivity contribution >= 4 is 77.4 Å². The van der Waals surface area contributed by atoms with Crippen LogP contribution in [0.2, 0.25) is 0 Å². The van der Waals surface area contributed by atoms with Crippen LogP contribution in [0.3, 0.4) is 0 Å². The minimum atomic E-state index is -1.34. The van der Waals surface area contributed by atoms with Gasteiger partial charge in [0.2, 0.25) is 23.5 Å². The first-order chi connectivity index (χ1) is 54.4. The zero-order valence-electron chi connectivity index (χ0n) is 66.0. The number of amides is 4. The summed E-state index contributed by atoms with van der Waals surface area (Å²) in [5, 5.41) is 19.8. The predicted octanol–water partition coefficient (Wildman–Crippen LogP) is -2.32. The van der Waals surface area contributed by atoms with Crippen LogP contribution < -0.4 is 35.5 Å². The highest BCUT2D eigenvalue weighted by Gasteiger charge is 2.54. The van der Waals surface area contributed by atoms with Crippen molar-refractivity contribution in [2.24, 2.45) is 0 Å². The number of carbonyl (C=O) groups is 13. The number of hydrogen-bond donors (Lipinski definition) is 5. The van der Waals surface area contributed by atoms with Crippen LogP contribution in [-0.2, 0) is 162 Å². The fourth-order valence-electron chi connectivity index (χ4n) is 11.1. The van der Waals surface area contributed by atoms with Gasteiger partial charge < -0.3 is 145 Å². The largest absolute Gasteiger partial charge is 0.487 e. The predicted molar refractivity (Wildman–Crippen MR) is 378 cm³/mol. The van der Waals surface area contributed by atoms with E-state index in [-0.39, 0.29) is 168 Å². The number of ether oxygens (including phenoxy) is 25. The first-order valence-corrected chi connectivity index (χ1v) is 36.4. The third-order valence-corrected chi connectivity index (χ3v) is 15.4. The van der Waals surface area contributed by atoms with E-state index in [1.165, 1.54) is 32.9 Å². The van der Waals surface area contributed by atoms with Gasteiger partial charge in [-0.05, 0) is 12.1 Å². The SMILES string of the molecule is CC(=O)N[C@H]1[C@H](OCCOCCOCCOc2cc(C(=O)NCCOCCO)cc(OCCOCCOCCO[C@@H]3O[C@H](COC(C)=O)[C@H](OC(C)=O)[C@H](OC(C)=O)[C@H]3NC(C)=O)c2OCCOCCOCCO[C@@H]2O[C@H](COC(C)=O)[C@H](OC(C)=O)[C@H](OC(C)=O)[C@H]2NC(C)=O)O[C@H](COC(C)=O)[C@H](OC(C)=O)[C@@H]1OC(C)=O. The van der Waals surface area contributed by atoms with Crippen LogP contribution in [0.5, 0.6) is 17.2 Å². The smallest absolute Gasteiger partial charge is 0.303 e. The van der Waals surface area contributed by atoms with Crippen molar-refractivity contribution in [2.45, 2.75) is 175 Å². The highest BCUT2D eigenvalue weighted by Crippen LogP contribution is 2.40. The number of nitrogens with one attached hydrogen (secondary N) is 4. The summed E-state index contributed by atoms with van der Waals surface area (Å²) in [5.41, 5.74) is 0.0546. The summed E-state index contributed by atoms with van der Waals surface area (Å²) in [6.07, 6.45) is -15.5. The molecule has 43 heteroatoms. The third-order valence-electron chi connectivity index (χ3n) is 15.4. The van der Waals surface area contributed by atoms with Crippen molar-refractivity contribution < 1.29 is 186 Å². The lowest BCUT2D eigenvalue weighted by atomic mass is 9.96. The average molecular weight is 1640 g/mol. The maximum atomic E-state index is 13.8. The Kier molecular flexibility index (Phi) is 46.3. The summed E-state index contributed by atoms with van der Waals surface area (Å²) in [7, 11) is 0. The lowest BCUT2D eigenvalue weighted by Gasteiger charge is -2.44. The van der Waals surface area contributed by atoms with Gasteiger partial charge in [-0.1, -0.05) is 0 Å². The molecule has 1 aromatic carbocycles. The molecule has 4 rings (SSSR count). The van der Waals surface area contributed by atoms with Crippen LogP contribution in [0.25, 0.3) is 0 Å². The lowest BCUT2D eigenvalue weighted by molar-refractivity contribution is -0.279. The van der Waals surface area contributed by atoms with Gasteiger partial charge in [-0.3, -0.25) is 62.3 Å². The molecule has 0 spiro atoms. The van der Waals surface area contributed by atoms with Gasteiger partial charge in [-0.15, -0.1) is 0 Å². The van der Waals surface area contributed by atoms with Crippen molar-refractivity contribution in [3.63, 3.8) is 0 Å². The second-order valence-electron chi connectivity index (χ2n) is 24.9. The third kappa shape index (κ3) is 38.1. The van der Waals surface area contributed by atoms with Crippen molar-refractivity contribution in [2.75, 3.05) is 165 Å². The monoisotopic (exact) mass is 1640 g/mol. The summed E-state index contributed by atoms with van der Waals surface area (Å²) >= 11 is 0. The van der Waals surface area contributed by atoms with Crippen molar-refractivity contribution in [3.05, 3.63) is 17.7 Å². The van der Waals surface area contributed by atoms with Crippen LogP contribution >= 0.6 is 0 Å². The van der Waals surface area contributed by atoms with Crippen LogP contribution in [0.15, 0.2) is 12.1 Å². The molecule has 4 amide bonds. The van der Waals surface area contributed by atoms with Crippen LogP contribution in [0.1, 0.15) is 93.4 Å². The summed E-state index contributed by atoms with van der Waals surface area (Å²) in [4.78, 5) is 160. The quantitative estimate of drug-likeness (QED) is 0.0260. The molecule has 0 aromatic heterocycles. The van der Waals surface area contributed by atoms with Gasteiger partial charge in [-0.25, -0.2) is 0 Å². The number of benzene rings is 1. The van der Waals surface area contributed by atoms with Gasteiger partial charge in [0.15, 0.2) is 67.0 Å². The van der Waals surface area contributed by atoms with E-state index in [4.69, 9.17) is 118 Å². The molecule has 43 nitrogen and oxygen atoms in total. The molecule has 646 valence electrons. The topological polar surface area (TPSA) is 521 Å². The van der Waals surface area contributed by atoms with E-state index in [1.807, 2.05) is 0 Å². The van der Waals surface area contributed by atoms with E-state index in [0.717, 1.165) is 62.3 Å². The molecule has 3 fully saturated rings. The minimum absolute atomic E-state index is 0.0194. The zero-order valence-corrected chi connectivity index (χ0v) is 66.0. The summed E-state index contributed by atoms with van der Waals surface area (Å²) in [6, 6.07) is -0.789. The first kappa shape index (κ1) is 97.5. The normalized spacial score (nSPS) is 23.0.